The van der Waals surface area contributed by atoms with Gasteiger partial charge in [0.05, 0.1) is 6.26 Å². The number of carbonyl (C=O) groups is 1. The summed E-state index contributed by atoms with van der Waals surface area (Å²) >= 11 is 5.96. The Morgan fingerprint density at radius 1 is 1.33 bits per heavy atom. The van der Waals surface area contributed by atoms with Crippen LogP contribution in [0.25, 0.3) is 0 Å². The molecule has 0 bridgehead atoms. The van der Waals surface area contributed by atoms with Crippen molar-refractivity contribution in [2.24, 2.45) is 0 Å². The van der Waals surface area contributed by atoms with Crippen LogP contribution in [0.5, 0.6) is 0 Å². The van der Waals surface area contributed by atoms with Gasteiger partial charge < -0.3 is 9.64 Å². The van der Waals surface area contributed by atoms with Crippen molar-refractivity contribution in [3.05, 3.63) is 34.9 Å². The minimum atomic E-state index is -3.66. The van der Waals surface area contributed by atoms with E-state index < -0.39 is 27.9 Å². The summed E-state index contributed by atoms with van der Waals surface area (Å²) in [6.07, 6.45) is 0.0564. The zero-order valence-electron chi connectivity index (χ0n) is 14.6. The summed E-state index contributed by atoms with van der Waals surface area (Å²) in [5.74, 6) is 0. The zero-order chi connectivity index (χ0) is 18.5. The van der Waals surface area contributed by atoms with Crippen LogP contribution in [0.3, 0.4) is 0 Å². The minimum absolute atomic E-state index is 0.265. The first-order chi connectivity index (χ1) is 10.9. The molecule has 6 nitrogen and oxygen atoms in total. The van der Waals surface area contributed by atoms with Crippen molar-refractivity contribution in [2.45, 2.75) is 38.9 Å². The largest absolute Gasteiger partial charge is 0.444 e. The number of carbonyl (C=O) groups excluding carboxylic acids is 1. The third-order valence-corrected chi connectivity index (χ3v) is 3.76. The van der Waals surface area contributed by atoms with E-state index in [4.69, 9.17) is 20.5 Å². The normalized spacial score (nSPS) is 13.4. The van der Waals surface area contributed by atoms with Crippen molar-refractivity contribution in [3.63, 3.8) is 0 Å². The lowest BCUT2D eigenvalue weighted by Crippen LogP contribution is -2.35. The van der Waals surface area contributed by atoms with Crippen LogP contribution < -0.4 is 0 Å². The van der Waals surface area contributed by atoms with Crippen molar-refractivity contribution >= 4 is 27.8 Å². The third kappa shape index (κ3) is 7.99. The molecule has 0 heterocycles. The monoisotopic (exact) mass is 377 g/mol. The first-order valence-electron chi connectivity index (χ1n) is 7.45. The number of halogens is 1. The van der Waals surface area contributed by atoms with Crippen molar-refractivity contribution < 1.29 is 22.1 Å². The second-order valence-corrected chi connectivity index (χ2v) is 8.57. The fourth-order valence-electron chi connectivity index (χ4n) is 1.93. The molecule has 0 radical (unpaired) electrons. The Hall–Kier alpha value is -1.31. The van der Waals surface area contributed by atoms with E-state index in [0.29, 0.717) is 10.6 Å². The molecule has 1 rings (SSSR count). The lowest BCUT2D eigenvalue weighted by molar-refractivity contribution is 0.0280. The highest BCUT2D eigenvalue weighted by molar-refractivity contribution is 7.86. The average Bonchev–Trinajstić information content (AvgIpc) is 2.40. The standard InChI is InChI=1S/C16H24ClNO5S/c1-16(2,3)22-15(19)18(4)10-9-14(23-24(5,20)21)12-7-6-8-13(17)11-12/h6-8,11,14H,9-10H2,1-5H3/t14-/m1/s1. The Labute approximate surface area is 148 Å². The number of benzene rings is 1. The van der Waals surface area contributed by atoms with E-state index >= 15 is 0 Å². The molecule has 0 aliphatic carbocycles. The van der Waals surface area contributed by atoms with Gasteiger partial charge >= 0.3 is 6.09 Å². The highest BCUT2D eigenvalue weighted by atomic mass is 35.5. The van der Waals surface area contributed by atoms with Gasteiger partial charge in [0, 0.05) is 18.6 Å². The van der Waals surface area contributed by atoms with Gasteiger partial charge in [-0.3, -0.25) is 4.18 Å². The number of rotatable bonds is 6. The number of nitrogens with zero attached hydrogens (tertiary/aromatic N) is 1. The molecule has 1 atom stereocenters. The van der Waals surface area contributed by atoms with Gasteiger partial charge in [0.1, 0.15) is 11.7 Å². The maximum atomic E-state index is 12.0. The first kappa shape index (κ1) is 20.7. The SMILES string of the molecule is CN(CC[C@@H](OS(C)(=O)=O)c1cccc(Cl)c1)C(=O)OC(C)(C)C. The Kier molecular flexibility index (Phi) is 7.07. The molecule has 1 amide bonds. The molecule has 0 aromatic heterocycles. The predicted octanol–water partition coefficient (Wildman–Crippen LogP) is 3.61. The Bertz CT molecular complexity index is 669. The van der Waals surface area contributed by atoms with Crippen LogP contribution in [0.15, 0.2) is 24.3 Å². The van der Waals surface area contributed by atoms with Crippen LogP contribution in [-0.2, 0) is 19.0 Å². The molecule has 0 spiro atoms. The van der Waals surface area contributed by atoms with Crippen LogP contribution >= 0.6 is 11.6 Å². The molecule has 0 aliphatic rings. The highest BCUT2D eigenvalue weighted by Gasteiger charge is 2.23. The summed E-state index contributed by atoms with van der Waals surface area (Å²) in [6.45, 7) is 5.60. The first-order valence-corrected chi connectivity index (χ1v) is 9.65. The molecule has 1 aromatic carbocycles. The van der Waals surface area contributed by atoms with Crippen LogP contribution in [-0.4, -0.2) is 44.9 Å². The molecule has 0 N–H and O–H groups in total. The quantitative estimate of drug-likeness (QED) is 0.708. The second kappa shape index (κ2) is 8.18. The molecule has 0 fully saturated rings. The minimum Gasteiger partial charge on any atom is -0.444 e. The smallest absolute Gasteiger partial charge is 0.410 e. The lowest BCUT2D eigenvalue weighted by atomic mass is 10.1. The van der Waals surface area contributed by atoms with Crippen molar-refractivity contribution in [2.75, 3.05) is 19.8 Å². The van der Waals surface area contributed by atoms with Gasteiger partial charge in [-0.25, -0.2) is 4.79 Å². The number of hydrogen-bond donors (Lipinski definition) is 0. The van der Waals surface area contributed by atoms with Crippen LogP contribution in [0.2, 0.25) is 5.02 Å². The van der Waals surface area contributed by atoms with E-state index in [-0.39, 0.29) is 13.0 Å². The Balaban J connectivity index is 2.81. The van der Waals surface area contributed by atoms with E-state index in [9.17, 15) is 13.2 Å². The number of ether oxygens (including phenoxy) is 1. The maximum absolute atomic E-state index is 12.0. The fraction of sp³-hybridized carbons (Fsp3) is 0.562. The van der Waals surface area contributed by atoms with E-state index in [1.165, 1.54) is 4.90 Å². The molecule has 1 aromatic rings. The number of amides is 1. The van der Waals surface area contributed by atoms with E-state index in [1.54, 1.807) is 52.1 Å². The molecule has 136 valence electrons. The zero-order valence-corrected chi connectivity index (χ0v) is 16.1. The molecule has 0 saturated heterocycles. The Morgan fingerprint density at radius 3 is 2.46 bits per heavy atom. The Morgan fingerprint density at radius 2 is 1.96 bits per heavy atom. The number of hydrogen-bond acceptors (Lipinski definition) is 5. The van der Waals surface area contributed by atoms with Gasteiger partial charge in [-0.15, -0.1) is 0 Å². The summed E-state index contributed by atoms with van der Waals surface area (Å²) in [7, 11) is -2.07. The van der Waals surface area contributed by atoms with E-state index in [0.717, 1.165) is 6.26 Å². The van der Waals surface area contributed by atoms with Crippen molar-refractivity contribution in [1.82, 2.24) is 4.90 Å². The average molecular weight is 378 g/mol. The third-order valence-electron chi connectivity index (χ3n) is 2.94. The molecular weight excluding hydrogens is 354 g/mol. The summed E-state index contributed by atoms with van der Waals surface area (Å²) in [5.41, 5.74) is 0.0338. The molecule has 8 heteroatoms. The molecule has 0 aliphatic heterocycles. The summed E-state index contributed by atoms with van der Waals surface area (Å²) in [6, 6.07) is 6.78. The van der Waals surface area contributed by atoms with Crippen molar-refractivity contribution in [1.29, 1.82) is 0 Å². The predicted molar refractivity (Wildman–Crippen MR) is 93.6 cm³/mol. The topological polar surface area (TPSA) is 72.9 Å². The van der Waals surface area contributed by atoms with Crippen LogP contribution in [0, 0.1) is 0 Å². The van der Waals surface area contributed by atoms with Gasteiger partial charge in [-0.1, -0.05) is 23.7 Å². The summed E-state index contributed by atoms with van der Waals surface area (Å²) in [4.78, 5) is 13.4. The summed E-state index contributed by atoms with van der Waals surface area (Å²) < 4.78 is 33.4. The molecule has 24 heavy (non-hydrogen) atoms. The van der Waals surface area contributed by atoms with Gasteiger partial charge in [0.25, 0.3) is 10.1 Å². The molecule has 0 unspecified atom stereocenters. The lowest BCUT2D eigenvalue weighted by Gasteiger charge is -2.26. The van der Waals surface area contributed by atoms with Gasteiger partial charge in [0.2, 0.25) is 0 Å². The van der Waals surface area contributed by atoms with Crippen LogP contribution in [0.4, 0.5) is 4.79 Å². The molecule has 0 saturated carbocycles. The van der Waals surface area contributed by atoms with Crippen molar-refractivity contribution in [3.8, 4) is 0 Å². The van der Waals surface area contributed by atoms with Gasteiger partial charge in [-0.2, -0.15) is 8.42 Å². The molecular formula is C16H24ClNO5S. The van der Waals surface area contributed by atoms with Gasteiger partial charge in [0.15, 0.2) is 0 Å². The van der Waals surface area contributed by atoms with E-state index in [2.05, 4.69) is 0 Å². The van der Waals surface area contributed by atoms with E-state index in [1.807, 2.05) is 0 Å². The highest BCUT2D eigenvalue weighted by Crippen LogP contribution is 2.26. The summed E-state index contributed by atoms with van der Waals surface area (Å²) in [5, 5.41) is 0.482. The maximum Gasteiger partial charge on any atom is 0.410 e. The second-order valence-electron chi connectivity index (χ2n) is 6.53. The van der Waals surface area contributed by atoms with Crippen LogP contribution in [0.1, 0.15) is 38.9 Å². The van der Waals surface area contributed by atoms with Gasteiger partial charge in [-0.05, 0) is 44.9 Å². The fourth-order valence-corrected chi connectivity index (χ4v) is 2.76.